The van der Waals surface area contributed by atoms with Gasteiger partial charge in [0.2, 0.25) is 0 Å². The minimum Gasteiger partial charge on any atom is -0.409 e. The van der Waals surface area contributed by atoms with Crippen molar-refractivity contribution >= 4 is 11.5 Å². The number of anilines is 1. The molecule has 1 aromatic rings. The molecule has 0 aliphatic carbocycles. The number of rotatable bonds is 7. The Morgan fingerprint density at radius 1 is 1.55 bits per heavy atom. The molecule has 1 aromatic carbocycles. The smallest absolute Gasteiger partial charge is 0.175 e. The fraction of sp³-hybridized carbons (Fsp3) is 0.500. The van der Waals surface area contributed by atoms with E-state index < -0.39 is 5.82 Å². The molecule has 3 N–H and O–H groups in total. The van der Waals surface area contributed by atoms with Crippen molar-refractivity contribution in [2.45, 2.75) is 26.3 Å². The number of nitrogens with two attached hydrogens (primary N) is 1. The number of nitrogens with zero attached hydrogens (tertiary/aromatic N) is 2. The third-order valence-corrected chi connectivity index (χ3v) is 3.32. The maximum atomic E-state index is 14.0. The predicted octanol–water partition coefficient (Wildman–Crippen LogP) is 2.17. The van der Waals surface area contributed by atoms with Gasteiger partial charge in [-0.1, -0.05) is 18.1 Å². The summed E-state index contributed by atoms with van der Waals surface area (Å²) in [6, 6.07) is 4.85. The SMILES string of the molecule is CCC(C)N(CCOC)c1cccc(F)c1C(N)=NO. The molecule has 20 heavy (non-hydrogen) atoms. The summed E-state index contributed by atoms with van der Waals surface area (Å²) in [4.78, 5) is 2.00. The van der Waals surface area contributed by atoms with Crippen molar-refractivity contribution < 1.29 is 14.3 Å². The van der Waals surface area contributed by atoms with E-state index in [0.717, 1.165) is 6.42 Å². The lowest BCUT2D eigenvalue weighted by Gasteiger charge is -2.32. The van der Waals surface area contributed by atoms with Gasteiger partial charge in [-0.2, -0.15) is 0 Å². The highest BCUT2D eigenvalue weighted by atomic mass is 19.1. The summed E-state index contributed by atoms with van der Waals surface area (Å²) in [6.07, 6.45) is 0.885. The summed E-state index contributed by atoms with van der Waals surface area (Å²) < 4.78 is 19.1. The molecular formula is C14H22FN3O2. The van der Waals surface area contributed by atoms with Crippen LogP contribution in [0.5, 0.6) is 0 Å². The number of ether oxygens (including phenoxy) is 1. The molecule has 0 aliphatic rings. The zero-order valence-corrected chi connectivity index (χ0v) is 12.1. The molecule has 0 saturated heterocycles. The highest BCUT2D eigenvalue weighted by Gasteiger charge is 2.21. The second-order valence-electron chi connectivity index (χ2n) is 4.56. The normalized spacial score (nSPS) is 13.3. The first-order valence-electron chi connectivity index (χ1n) is 6.58. The number of hydrogen-bond acceptors (Lipinski definition) is 4. The van der Waals surface area contributed by atoms with Crippen molar-refractivity contribution in [1.29, 1.82) is 0 Å². The standard InChI is InChI=1S/C14H22FN3O2/c1-4-10(2)18(8-9-20-3)12-7-5-6-11(15)13(12)14(16)17-19/h5-7,10,19H,4,8-9H2,1-3H3,(H2,16,17). The van der Waals surface area contributed by atoms with Crippen molar-refractivity contribution in [2.24, 2.45) is 10.9 Å². The molecular weight excluding hydrogens is 261 g/mol. The van der Waals surface area contributed by atoms with Crippen LogP contribution < -0.4 is 10.6 Å². The molecule has 1 rings (SSSR count). The van der Waals surface area contributed by atoms with Gasteiger partial charge in [0, 0.05) is 19.7 Å². The zero-order valence-electron chi connectivity index (χ0n) is 12.1. The molecule has 1 unspecified atom stereocenters. The maximum absolute atomic E-state index is 14.0. The Morgan fingerprint density at radius 3 is 2.80 bits per heavy atom. The van der Waals surface area contributed by atoms with Crippen molar-refractivity contribution in [3.05, 3.63) is 29.6 Å². The molecule has 5 nitrogen and oxygen atoms in total. The molecule has 0 saturated carbocycles. The van der Waals surface area contributed by atoms with E-state index in [1.165, 1.54) is 6.07 Å². The van der Waals surface area contributed by atoms with Crippen molar-refractivity contribution in [3.63, 3.8) is 0 Å². The van der Waals surface area contributed by atoms with Crippen LogP contribution in [-0.2, 0) is 4.74 Å². The predicted molar refractivity (Wildman–Crippen MR) is 77.9 cm³/mol. The number of benzene rings is 1. The third-order valence-electron chi connectivity index (χ3n) is 3.32. The van der Waals surface area contributed by atoms with Crippen LogP contribution in [0.3, 0.4) is 0 Å². The molecule has 0 spiro atoms. The van der Waals surface area contributed by atoms with Crippen LogP contribution in [0.1, 0.15) is 25.8 Å². The van der Waals surface area contributed by atoms with E-state index in [4.69, 9.17) is 15.7 Å². The van der Waals surface area contributed by atoms with Crippen LogP contribution in [0.25, 0.3) is 0 Å². The highest BCUT2D eigenvalue weighted by Crippen LogP contribution is 2.25. The fourth-order valence-corrected chi connectivity index (χ4v) is 2.04. The van der Waals surface area contributed by atoms with Crippen LogP contribution in [0, 0.1) is 5.82 Å². The highest BCUT2D eigenvalue weighted by molar-refractivity contribution is 6.02. The quantitative estimate of drug-likeness (QED) is 0.348. The Kier molecular flexibility index (Phi) is 6.24. The molecule has 0 aromatic heterocycles. The summed E-state index contributed by atoms with van der Waals surface area (Å²) in [5.74, 6) is -0.743. The lowest BCUT2D eigenvalue weighted by molar-refractivity contribution is 0.203. The van der Waals surface area contributed by atoms with E-state index in [9.17, 15) is 4.39 Å². The van der Waals surface area contributed by atoms with Crippen molar-refractivity contribution in [2.75, 3.05) is 25.2 Å². The Labute approximate surface area is 118 Å². The first-order valence-corrected chi connectivity index (χ1v) is 6.58. The monoisotopic (exact) mass is 283 g/mol. The Hall–Kier alpha value is -1.82. The number of oxime groups is 1. The molecule has 0 aliphatic heterocycles. The molecule has 0 fully saturated rings. The van der Waals surface area contributed by atoms with Gasteiger partial charge in [0.15, 0.2) is 5.84 Å². The van der Waals surface area contributed by atoms with Gasteiger partial charge in [-0.15, -0.1) is 0 Å². The number of hydrogen-bond donors (Lipinski definition) is 2. The van der Waals surface area contributed by atoms with Crippen LogP contribution in [-0.4, -0.2) is 37.3 Å². The zero-order chi connectivity index (χ0) is 15.1. The molecule has 112 valence electrons. The molecule has 6 heteroatoms. The van der Waals surface area contributed by atoms with Gasteiger partial charge in [-0.05, 0) is 25.5 Å². The van der Waals surface area contributed by atoms with Crippen LogP contribution in [0.2, 0.25) is 0 Å². The number of halogens is 1. The van der Waals surface area contributed by atoms with E-state index >= 15 is 0 Å². The van der Waals surface area contributed by atoms with Crippen molar-refractivity contribution in [3.8, 4) is 0 Å². The second-order valence-corrected chi connectivity index (χ2v) is 4.56. The summed E-state index contributed by atoms with van der Waals surface area (Å²) >= 11 is 0. The van der Waals surface area contributed by atoms with Crippen LogP contribution in [0.15, 0.2) is 23.4 Å². The summed E-state index contributed by atoms with van der Waals surface area (Å²) in [7, 11) is 1.62. The minimum absolute atomic E-state index is 0.117. The van der Waals surface area contributed by atoms with Gasteiger partial charge in [-0.3, -0.25) is 0 Å². The average molecular weight is 283 g/mol. The van der Waals surface area contributed by atoms with Gasteiger partial charge < -0.3 is 20.6 Å². The minimum atomic E-state index is -0.511. The number of methoxy groups -OCH3 is 1. The molecule has 0 radical (unpaired) electrons. The van der Waals surface area contributed by atoms with E-state index in [2.05, 4.69) is 5.16 Å². The summed E-state index contributed by atoms with van der Waals surface area (Å²) in [6.45, 7) is 5.20. The topological polar surface area (TPSA) is 71.1 Å². The lowest BCUT2D eigenvalue weighted by Crippen LogP contribution is -2.37. The van der Waals surface area contributed by atoms with Crippen LogP contribution in [0.4, 0.5) is 10.1 Å². The van der Waals surface area contributed by atoms with Gasteiger partial charge >= 0.3 is 0 Å². The largest absolute Gasteiger partial charge is 0.409 e. The first-order chi connectivity index (χ1) is 9.56. The van der Waals surface area contributed by atoms with Gasteiger partial charge in [0.1, 0.15) is 5.82 Å². The summed E-state index contributed by atoms with van der Waals surface area (Å²) in [5.41, 5.74) is 6.33. The van der Waals surface area contributed by atoms with E-state index in [1.54, 1.807) is 19.2 Å². The molecule has 0 amide bonds. The number of amidine groups is 1. The van der Waals surface area contributed by atoms with E-state index in [1.807, 2.05) is 18.7 Å². The van der Waals surface area contributed by atoms with Crippen molar-refractivity contribution in [1.82, 2.24) is 0 Å². The molecule has 0 bridgehead atoms. The van der Waals surface area contributed by atoms with E-state index in [-0.39, 0.29) is 17.4 Å². The maximum Gasteiger partial charge on any atom is 0.175 e. The van der Waals surface area contributed by atoms with E-state index in [0.29, 0.717) is 18.8 Å². The molecule has 1 atom stereocenters. The van der Waals surface area contributed by atoms with Gasteiger partial charge in [-0.25, -0.2) is 4.39 Å². The first kappa shape index (κ1) is 16.2. The summed E-state index contributed by atoms with van der Waals surface area (Å²) in [5, 5.41) is 11.8. The van der Waals surface area contributed by atoms with Crippen LogP contribution >= 0.6 is 0 Å². The Morgan fingerprint density at radius 2 is 2.25 bits per heavy atom. The van der Waals surface area contributed by atoms with Gasteiger partial charge in [0.25, 0.3) is 0 Å². The Bertz CT molecular complexity index is 466. The third kappa shape index (κ3) is 3.60. The second kappa shape index (κ2) is 7.69. The van der Waals surface area contributed by atoms with Gasteiger partial charge in [0.05, 0.1) is 17.9 Å². The molecule has 0 heterocycles. The Balaban J connectivity index is 3.28. The fourth-order valence-electron chi connectivity index (χ4n) is 2.04. The lowest BCUT2D eigenvalue weighted by atomic mass is 10.1. The average Bonchev–Trinajstić information content (AvgIpc) is 2.46.